The third kappa shape index (κ3) is 2.57. The molecule has 4 bridgehead atoms. The van der Waals surface area contributed by atoms with E-state index in [1.165, 1.54) is 19.3 Å². The number of amides is 1. The number of sulfonamides is 1. The first-order chi connectivity index (χ1) is 11.3. The zero-order valence-corrected chi connectivity index (χ0v) is 15.2. The lowest BCUT2D eigenvalue weighted by Gasteiger charge is -2.55. The Bertz CT molecular complexity index is 762. The van der Waals surface area contributed by atoms with Crippen LogP contribution >= 0.6 is 0 Å². The molecule has 4 aliphatic carbocycles. The van der Waals surface area contributed by atoms with E-state index in [1.807, 2.05) is 13.8 Å². The zero-order chi connectivity index (χ0) is 17.1. The molecule has 4 nitrogen and oxygen atoms in total. The Morgan fingerprint density at radius 2 is 1.54 bits per heavy atom. The number of benzene rings is 1. The van der Waals surface area contributed by atoms with Crippen LogP contribution < -0.4 is 4.72 Å². The molecular formula is C19H25NO3S. The van der Waals surface area contributed by atoms with Crippen molar-refractivity contribution in [3.8, 4) is 0 Å². The average molecular weight is 347 g/mol. The Hall–Kier alpha value is -1.36. The number of hydrogen-bond donors (Lipinski definition) is 1. The van der Waals surface area contributed by atoms with Gasteiger partial charge < -0.3 is 0 Å². The van der Waals surface area contributed by atoms with Crippen molar-refractivity contribution in [2.24, 2.45) is 23.2 Å². The van der Waals surface area contributed by atoms with Crippen molar-refractivity contribution in [2.75, 3.05) is 0 Å². The van der Waals surface area contributed by atoms with Gasteiger partial charge in [0.05, 0.1) is 10.3 Å². The lowest BCUT2D eigenvalue weighted by atomic mass is 9.49. The summed E-state index contributed by atoms with van der Waals surface area (Å²) in [6, 6.07) is 5.02. The van der Waals surface area contributed by atoms with Gasteiger partial charge in [-0.1, -0.05) is 6.07 Å². The Balaban J connectivity index is 1.58. The summed E-state index contributed by atoms with van der Waals surface area (Å²) in [7, 11) is -3.79. The van der Waals surface area contributed by atoms with E-state index in [4.69, 9.17) is 0 Å². The van der Waals surface area contributed by atoms with Crippen LogP contribution in [0.2, 0.25) is 0 Å². The SMILES string of the molecule is Cc1ccc(S(=O)(=O)NC(=O)C23CC4CC(CC(C4)C2)C3)cc1C. The first-order valence-electron chi connectivity index (χ1n) is 8.92. The van der Waals surface area contributed by atoms with Crippen LogP contribution in [0.5, 0.6) is 0 Å². The number of rotatable bonds is 3. The highest BCUT2D eigenvalue weighted by Gasteiger charge is 2.55. The molecule has 0 unspecified atom stereocenters. The summed E-state index contributed by atoms with van der Waals surface area (Å²) in [4.78, 5) is 13.1. The molecule has 24 heavy (non-hydrogen) atoms. The van der Waals surface area contributed by atoms with Gasteiger partial charge in [-0.05, 0) is 93.4 Å². The molecule has 0 aliphatic heterocycles. The van der Waals surface area contributed by atoms with Crippen LogP contribution in [0.3, 0.4) is 0 Å². The summed E-state index contributed by atoms with van der Waals surface area (Å²) < 4.78 is 27.7. The molecule has 5 rings (SSSR count). The average Bonchev–Trinajstić information content (AvgIpc) is 2.48. The standard InChI is InChI=1S/C19H25NO3S/c1-12-3-4-17(5-13(12)2)24(22,23)20-18(21)19-9-14-6-15(10-19)8-16(7-14)11-19/h3-5,14-16H,6-11H2,1-2H3,(H,20,21). The second kappa shape index (κ2) is 5.32. The van der Waals surface area contributed by atoms with Crippen LogP contribution in [0, 0.1) is 37.0 Å². The van der Waals surface area contributed by atoms with E-state index in [9.17, 15) is 13.2 Å². The summed E-state index contributed by atoms with van der Waals surface area (Å²) in [5.41, 5.74) is 1.52. The van der Waals surface area contributed by atoms with Gasteiger partial charge in [-0.25, -0.2) is 13.1 Å². The van der Waals surface area contributed by atoms with Crippen molar-refractivity contribution >= 4 is 15.9 Å². The predicted octanol–water partition coefficient (Wildman–Crippen LogP) is 3.32. The second-order valence-electron chi connectivity index (χ2n) is 8.38. The Morgan fingerprint density at radius 3 is 2.04 bits per heavy atom. The van der Waals surface area contributed by atoms with E-state index in [0.29, 0.717) is 17.8 Å². The van der Waals surface area contributed by atoms with Crippen LogP contribution in [-0.2, 0) is 14.8 Å². The minimum Gasteiger partial charge on any atom is -0.273 e. The Kier molecular flexibility index (Phi) is 3.57. The molecule has 0 atom stereocenters. The van der Waals surface area contributed by atoms with Gasteiger partial charge in [-0.15, -0.1) is 0 Å². The molecule has 1 amide bonds. The maximum Gasteiger partial charge on any atom is 0.264 e. The highest BCUT2D eigenvalue weighted by Crippen LogP contribution is 2.60. The summed E-state index contributed by atoms with van der Waals surface area (Å²) in [6.45, 7) is 3.83. The molecular weight excluding hydrogens is 322 g/mol. The molecule has 5 heteroatoms. The van der Waals surface area contributed by atoms with E-state index < -0.39 is 15.4 Å². The van der Waals surface area contributed by atoms with Crippen molar-refractivity contribution in [1.29, 1.82) is 0 Å². The number of carbonyl (C=O) groups excluding carboxylic acids is 1. The fourth-order valence-corrected chi connectivity index (χ4v) is 6.72. The predicted molar refractivity (Wildman–Crippen MR) is 91.8 cm³/mol. The maximum absolute atomic E-state index is 12.9. The van der Waals surface area contributed by atoms with Gasteiger partial charge in [0.1, 0.15) is 0 Å². The van der Waals surface area contributed by atoms with E-state index >= 15 is 0 Å². The van der Waals surface area contributed by atoms with Crippen LogP contribution in [0.25, 0.3) is 0 Å². The zero-order valence-electron chi connectivity index (χ0n) is 14.3. The summed E-state index contributed by atoms with van der Waals surface area (Å²) in [6.07, 6.45) is 6.30. The topological polar surface area (TPSA) is 63.2 Å². The number of nitrogens with one attached hydrogen (secondary N) is 1. The van der Waals surface area contributed by atoms with Gasteiger partial charge in [-0.3, -0.25) is 4.79 Å². The smallest absolute Gasteiger partial charge is 0.264 e. The van der Waals surface area contributed by atoms with E-state index in [2.05, 4.69) is 4.72 Å². The Morgan fingerprint density at radius 1 is 1.00 bits per heavy atom. The third-order valence-electron chi connectivity index (χ3n) is 6.54. The molecule has 130 valence electrons. The fourth-order valence-electron chi connectivity index (χ4n) is 5.56. The molecule has 4 fully saturated rings. The molecule has 0 aromatic heterocycles. The van der Waals surface area contributed by atoms with Crippen LogP contribution in [-0.4, -0.2) is 14.3 Å². The van der Waals surface area contributed by atoms with Gasteiger partial charge >= 0.3 is 0 Å². The van der Waals surface area contributed by atoms with Crippen molar-refractivity contribution in [3.05, 3.63) is 29.3 Å². The molecule has 4 aliphatic rings. The Labute approximate surface area is 144 Å². The fraction of sp³-hybridized carbons (Fsp3) is 0.632. The van der Waals surface area contributed by atoms with Crippen molar-refractivity contribution in [3.63, 3.8) is 0 Å². The number of carbonyl (C=O) groups is 1. The minimum atomic E-state index is -3.79. The van der Waals surface area contributed by atoms with E-state index in [1.54, 1.807) is 18.2 Å². The van der Waals surface area contributed by atoms with Gasteiger partial charge in [0.25, 0.3) is 10.0 Å². The van der Waals surface area contributed by atoms with Gasteiger partial charge in [0.2, 0.25) is 5.91 Å². The third-order valence-corrected chi connectivity index (χ3v) is 7.86. The van der Waals surface area contributed by atoms with Crippen LogP contribution in [0.4, 0.5) is 0 Å². The molecule has 0 radical (unpaired) electrons. The molecule has 1 aromatic rings. The lowest BCUT2D eigenvalue weighted by molar-refractivity contribution is -0.144. The monoisotopic (exact) mass is 347 g/mol. The molecule has 0 heterocycles. The minimum absolute atomic E-state index is 0.184. The van der Waals surface area contributed by atoms with Gasteiger partial charge in [0.15, 0.2) is 0 Å². The van der Waals surface area contributed by atoms with Crippen molar-refractivity contribution in [2.45, 2.75) is 57.3 Å². The van der Waals surface area contributed by atoms with Crippen molar-refractivity contribution < 1.29 is 13.2 Å². The first kappa shape index (κ1) is 16.1. The normalized spacial score (nSPS) is 34.3. The van der Waals surface area contributed by atoms with Crippen LogP contribution in [0.15, 0.2) is 23.1 Å². The maximum atomic E-state index is 12.9. The van der Waals surface area contributed by atoms with Gasteiger partial charge in [0, 0.05) is 0 Å². The van der Waals surface area contributed by atoms with Crippen molar-refractivity contribution in [1.82, 2.24) is 4.72 Å². The largest absolute Gasteiger partial charge is 0.273 e. The quantitative estimate of drug-likeness (QED) is 0.912. The summed E-state index contributed by atoms with van der Waals surface area (Å²) >= 11 is 0. The molecule has 1 N–H and O–H groups in total. The molecule has 4 saturated carbocycles. The number of aryl methyl sites for hydroxylation is 2. The van der Waals surface area contributed by atoms with Gasteiger partial charge in [-0.2, -0.15) is 0 Å². The summed E-state index contributed by atoms with van der Waals surface area (Å²) in [5.74, 6) is 1.59. The van der Waals surface area contributed by atoms with E-state index in [0.717, 1.165) is 30.4 Å². The first-order valence-corrected chi connectivity index (χ1v) is 10.4. The molecule has 1 aromatic carbocycles. The number of hydrogen-bond acceptors (Lipinski definition) is 3. The molecule has 0 spiro atoms. The van der Waals surface area contributed by atoms with E-state index in [-0.39, 0.29) is 10.8 Å². The molecule has 0 saturated heterocycles. The second-order valence-corrected chi connectivity index (χ2v) is 10.1. The van der Waals surface area contributed by atoms with Crippen LogP contribution in [0.1, 0.15) is 49.7 Å². The highest BCUT2D eigenvalue weighted by molar-refractivity contribution is 7.90. The summed E-state index contributed by atoms with van der Waals surface area (Å²) in [5, 5.41) is 0. The highest BCUT2D eigenvalue weighted by atomic mass is 32.2. The lowest BCUT2D eigenvalue weighted by Crippen LogP contribution is -2.54.